The highest BCUT2D eigenvalue weighted by Gasteiger charge is 2.41. The van der Waals surface area contributed by atoms with E-state index in [-0.39, 0.29) is 5.79 Å². The molecule has 0 N–H and O–H groups in total. The van der Waals surface area contributed by atoms with Crippen molar-refractivity contribution in [2.45, 2.75) is 51.4 Å². The lowest BCUT2D eigenvalue weighted by Crippen LogP contribution is -2.45. The smallest absolute Gasteiger partial charge is 0.168 e. The minimum Gasteiger partial charge on any atom is -0.350 e. The first-order chi connectivity index (χ1) is 5.72. The fourth-order valence-corrected chi connectivity index (χ4v) is 2.08. The van der Waals surface area contributed by atoms with Gasteiger partial charge >= 0.3 is 0 Å². The molecule has 0 bridgehead atoms. The Kier molecular flexibility index (Phi) is 2.13. The average Bonchev–Trinajstić information content (AvgIpc) is 2.47. The lowest BCUT2D eigenvalue weighted by Gasteiger charge is -2.40. The van der Waals surface area contributed by atoms with Gasteiger partial charge in [-0.2, -0.15) is 0 Å². The van der Waals surface area contributed by atoms with Crippen molar-refractivity contribution >= 4 is 0 Å². The Morgan fingerprint density at radius 3 is 2.42 bits per heavy atom. The first-order valence-electron chi connectivity index (χ1n) is 5.04. The van der Waals surface area contributed by atoms with E-state index in [0.29, 0.717) is 12.0 Å². The van der Waals surface area contributed by atoms with Crippen LogP contribution in [0, 0.1) is 5.92 Å². The van der Waals surface area contributed by atoms with Crippen molar-refractivity contribution in [2.75, 3.05) is 6.61 Å². The summed E-state index contributed by atoms with van der Waals surface area (Å²) in [6.07, 6.45) is 5.10. The standard InChI is InChI=1S/C10H18O2/c1-8-7-11-10(12-9(8)2)5-3-4-6-10/h8-9H,3-7H2,1-2H3/t8-,9-/m1/s1. The summed E-state index contributed by atoms with van der Waals surface area (Å²) >= 11 is 0. The van der Waals surface area contributed by atoms with E-state index in [1.54, 1.807) is 0 Å². The van der Waals surface area contributed by atoms with Gasteiger partial charge in [0.05, 0.1) is 12.7 Å². The number of ether oxygens (including phenoxy) is 2. The maximum absolute atomic E-state index is 5.92. The largest absolute Gasteiger partial charge is 0.350 e. The van der Waals surface area contributed by atoms with E-state index < -0.39 is 0 Å². The summed E-state index contributed by atoms with van der Waals surface area (Å²) in [7, 11) is 0. The molecule has 2 atom stereocenters. The molecule has 0 unspecified atom stereocenters. The first kappa shape index (κ1) is 8.52. The van der Waals surface area contributed by atoms with E-state index in [1.807, 2.05) is 0 Å². The fourth-order valence-electron chi connectivity index (χ4n) is 2.08. The SMILES string of the molecule is C[C@@H]1COC2(CCCC2)O[C@@H]1C. The minimum absolute atomic E-state index is 0.175. The van der Waals surface area contributed by atoms with Gasteiger partial charge in [0.25, 0.3) is 0 Å². The summed E-state index contributed by atoms with van der Waals surface area (Å²) in [5, 5.41) is 0. The second kappa shape index (κ2) is 3.00. The van der Waals surface area contributed by atoms with Crippen molar-refractivity contribution in [1.29, 1.82) is 0 Å². The highest BCUT2D eigenvalue weighted by Crippen LogP contribution is 2.39. The molecule has 2 fully saturated rings. The average molecular weight is 170 g/mol. The molecule has 2 heteroatoms. The van der Waals surface area contributed by atoms with Crippen molar-refractivity contribution in [3.63, 3.8) is 0 Å². The van der Waals surface area contributed by atoms with E-state index in [9.17, 15) is 0 Å². The summed E-state index contributed by atoms with van der Waals surface area (Å²) in [5.74, 6) is 0.377. The summed E-state index contributed by atoms with van der Waals surface area (Å²) < 4.78 is 11.7. The normalized spacial score (nSPS) is 40.5. The van der Waals surface area contributed by atoms with Gasteiger partial charge in [-0.1, -0.05) is 6.92 Å². The van der Waals surface area contributed by atoms with Gasteiger partial charge in [0.1, 0.15) is 0 Å². The molecule has 70 valence electrons. The predicted octanol–water partition coefficient (Wildman–Crippen LogP) is 2.33. The molecule has 0 aromatic heterocycles. The fraction of sp³-hybridized carbons (Fsp3) is 1.00. The maximum atomic E-state index is 5.92. The van der Waals surface area contributed by atoms with Crippen LogP contribution in [0.25, 0.3) is 0 Å². The lowest BCUT2D eigenvalue weighted by atomic mass is 10.0. The van der Waals surface area contributed by atoms with Crippen molar-refractivity contribution in [3.05, 3.63) is 0 Å². The van der Waals surface area contributed by atoms with Crippen molar-refractivity contribution in [3.8, 4) is 0 Å². The molecule has 0 aromatic carbocycles. The molecule has 0 radical (unpaired) electrons. The molecule has 2 nitrogen and oxygen atoms in total. The Labute approximate surface area is 74.2 Å². The van der Waals surface area contributed by atoms with Gasteiger partial charge in [0.15, 0.2) is 5.79 Å². The molecule has 1 spiro atoms. The molecule has 0 aromatic rings. The van der Waals surface area contributed by atoms with E-state index in [1.165, 1.54) is 12.8 Å². The molecule has 2 aliphatic rings. The second-order valence-corrected chi connectivity index (χ2v) is 4.23. The molecule has 1 aliphatic carbocycles. The van der Waals surface area contributed by atoms with Gasteiger partial charge in [-0.25, -0.2) is 0 Å². The van der Waals surface area contributed by atoms with Crippen LogP contribution in [-0.2, 0) is 9.47 Å². The van der Waals surface area contributed by atoms with Crippen LogP contribution in [0.5, 0.6) is 0 Å². The number of rotatable bonds is 0. The minimum atomic E-state index is -0.175. The Morgan fingerprint density at radius 2 is 1.83 bits per heavy atom. The van der Waals surface area contributed by atoms with Crippen LogP contribution < -0.4 is 0 Å². The molecule has 12 heavy (non-hydrogen) atoms. The maximum Gasteiger partial charge on any atom is 0.168 e. The highest BCUT2D eigenvalue weighted by molar-refractivity contribution is 4.83. The number of hydrogen-bond donors (Lipinski definition) is 0. The van der Waals surface area contributed by atoms with E-state index in [0.717, 1.165) is 19.4 Å². The quantitative estimate of drug-likeness (QED) is 0.555. The molecular weight excluding hydrogens is 152 g/mol. The summed E-state index contributed by atoms with van der Waals surface area (Å²) in [6, 6.07) is 0. The summed E-state index contributed by atoms with van der Waals surface area (Å²) in [5.41, 5.74) is 0. The van der Waals surface area contributed by atoms with Crippen molar-refractivity contribution in [2.24, 2.45) is 5.92 Å². The zero-order valence-corrected chi connectivity index (χ0v) is 8.01. The third-order valence-electron chi connectivity index (χ3n) is 3.18. The van der Waals surface area contributed by atoms with Gasteiger partial charge < -0.3 is 9.47 Å². The summed E-state index contributed by atoms with van der Waals surface area (Å²) in [6.45, 7) is 5.22. The van der Waals surface area contributed by atoms with Crippen LogP contribution in [0.4, 0.5) is 0 Å². The van der Waals surface area contributed by atoms with Crippen LogP contribution in [0.3, 0.4) is 0 Å². The van der Waals surface area contributed by atoms with E-state index >= 15 is 0 Å². The Morgan fingerprint density at radius 1 is 1.17 bits per heavy atom. The van der Waals surface area contributed by atoms with Crippen LogP contribution in [0.15, 0.2) is 0 Å². The van der Waals surface area contributed by atoms with E-state index in [2.05, 4.69) is 13.8 Å². The van der Waals surface area contributed by atoms with Crippen LogP contribution >= 0.6 is 0 Å². The first-order valence-corrected chi connectivity index (χ1v) is 5.04. The molecule has 1 saturated heterocycles. The molecular formula is C10H18O2. The molecule has 1 heterocycles. The van der Waals surface area contributed by atoms with E-state index in [4.69, 9.17) is 9.47 Å². The zero-order valence-electron chi connectivity index (χ0n) is 8.01. The van der Waals surface area contributed by atoms with Gasteiger partial charge in [-0.15, -0.1) is 0 Å². The molecule has 1 saturated carbocycles. The topological polar surface area (TPSA) is 18.5 Å². The van der Waals surface area contributed by atoms with Crippen LogP contribution in [-0.4, -0.2) is 18.5 Å². The molecule has 2 rings (SSSR count). The van der Waals surface area contributed by atoms with Crippen molar-refractivity contribution < 1.29 is 9.47 Å². The zero-order chi connectivity index (χ0) is 8.60. The monoisotopic (exact) mass is 170 g/mol. The number of hydrogen-bond acceptors (Lipinski definition) is 2. The Hall–Kier alpha value is -0.0800. The Bertz CT molecular complexity index is 161. The van der Waals surface area contributed by atoms with Gasteiger partial charge in [0, 0.05) is 18.8 Å². The third-order valence-corrected chi connectivity index (χ3v) is 3.18. The van der Waals surface area contributed by atoms with Gasteiger partial charge in [0.2, 0.25) is 0 Å². The van der Waals surface area contributed by atoms with Crippen molar-refractivity contribution in [1.82, 2.24) is 0 Å². The molecule has 1 aliphatic heterocycles. The van der Waals surface area contributed by atoms with Gasteiger partial charge in [-0.05, 0) is 19.8 Å². The summed E-state index contributed by atoms with van der Waals surface area (Å²) in [4.78, 5) is 0. The lowest BCUT2D eigenvalue weighted by molar-refractivity contribution is -0.301. The second-order valence-electron chi connectivity index (χ2n) is 4.23. The van der Waals surface area contributed by atoms with Crippen LogP contribution in [0.2, 0.25) is 0 Å². The Balaban J connectivity index is 2.01. The predicted molar refractivity (Wildman–Crippen MR) is 46.9 cm³/mol. The third kappa shape index (κ3) is 1.38. The highest BCUT2D eigenvalue weighted by atomic mass is 16.7. The molecule has 0 amide bonds. The van der Waals surface area contributed by atoms with Crippen LogP contribution in [0.1, 0.15) is 39.5 Å². The van der Waals surface area contributed by atoms with Gasteiger partial charge in [-0.3, -0.25) is 0 Å².